The average Bonchev–Trinajstić information content (AvgIpc) is 2.95. The van der Waals surface area contributed by atoms with Crippen LogP contribution in [0.2, 0.25) is 0 Å². The molecule has 1 aliphatic heterocycles. The van der Waals surface area contributed by atoms with Crippen molar-refractivity contribution in [3.05, 3.63) is 51.7 Å². The second-order valence-corrected chi connectivity index (χ2v) is 6.06. The van der Waals surface area contributed by atoms with Crippen molar-refractivity contribution in [3.63, 3.8) is 0 Å². The molecule has 20 heavy (non-hydrogen) atoms. The lowest BCUT2D eigenvalue weighted by Gasteiger charge is -2.28. The predicted octanol–water partition coefficient (Wildman–Crippen LogP) is 2.64. The molecule has 2 N–H and O–H groups in total. The molecule has 0 atom stereocenters. The van der Waals surface area contributed by atoms with Gasteiger partial charge in [-0.25, -0.2) is 0 Å². The Hall–Kier alpha value is -1.36. The maximum absolute atomic E-state index is 5.85. The summed E-state index contributed by atoms with van der Waals surface area (Å²) in [5.41, 5.74) is 8.63. The highest BCUT2D eigenvalue weighted by atomic mass is 32.1. The summed E-state index contributed by atoms with van der Waals surface area (Å²) < 4.78 is 5.85. The van der Waals surface area contributed by atoms with Gasteiger partial charge >= 0.3 is 0 Å². The van der Waals surface area contributed by atoms with E-state index in [9.17, 15) is 0 Å². The number of benzene rings is 1. The number of ether oxygens (including phenoxy) is 1. The average molecular weight is 288 g/mol. The monoisotopic (exact) mass is 288 g/mol. The molecule has 0 saturated heterocycles. The summed E-state index contributed by atoms with van der Waals surface area (Å²) >= 11 is 1.66. The van der Waals surface area contributed by atoms with Gasteiger partial charge in [-0.15, -0.1) is 11.3 Å². The molecule has 0 radical (unpaired) electrons. The SMILES string of the molecule is NCc1sccc1OCCN1CCc2ccccc2C1. The van der Waals surface area contributed by atoms with Crippen LogP contribution in [0.1, 0.15) is 16.0 Å². The zero-order chi connectivity index (χ0) is 13.8. The number of hydrogen-bond acceptors (Lipinski definition) is 4. The molecule has 3 rings (SSSR count). The number of nitrogens with zero attached hydrogens (tertiary/aromatic N) is 1. The maximum Gasteiger partial charge on any atom is 0.134 e. The van der Waals surface area contributed by atoms with Crippen molar-refractivity contribution >= 4 is 11.3 Å². The van der Waals surface area contributed by atoms with E-state index in [1.165, 1.54) is 11.1 Å². The van der Waals surface area contributed by atoms with Crippen LogP contribution in [-0.4, -0.2) is 24.6 Å². The largest absolute Gasteiger partial charge is 0.491 e. The molecular formula is C16H20N2OS. The van der Waals surface area contributed by atoms with Crippen LogP contribution < -0.4 is 10.5 Å². The third kappa shape index (κ3) is 3.03. The van der Waals surface area contributed by atoms with Gasteiger partial charge in [0, 0.05) is 26.2 Å². The Kier molecular flexibility index (Phi) is 4.35. The highest BCUT2D eigenvalue weighted by Crippen LogP contribution is 2.24. The fourth-order valence-corrected chi connectivity index (χ4v) is 3.33. The highest BCUT2D eigenvalue weighted by Gasteiger charge is 2.15. The van der Waals surface area contributed by atoms with Crippen LogP contribution in [0.4, 0.5) is 0 Å². The fourth-order valence-electron chi connectivity index (χ4n) is 2.64. The molecular weight excluding hydrogens is 268 g/mol. The first-order chi connectivity index (χ1) is 9.86. The van der Waals surface area contributed by atoms with Gasteiger partial charge in [-0.05, 0) is 29.0 Å². The van der Waals surface area contributed by atoms with Crippen LogP contribution in [-0.2, 0) is 19.5 Å². The summed E-state index contributed by atoms with van der Waals surface area (Å²) in [6.07, 6.45) is 1.14. The minimum Gasteiger partial charge on any atom is -0.491 e. The summed E-state index contributed by atoms with van der Waals surface area (Å²) in [6, 6.07) is 10.7. The molecule has 2 aromatic rings. The molecule has 4 heteroatoms. The van der Waals surface area contributed by atoms with Crippen LogP contribution >= 0.6 is 11.3 Å². The third-order valence-electron chi connectivity index (χ3n) is 3.76. The van der Waals surface area contributed by atoms with Crippen molar-refractivity contribution in [2.24, 2.45) is 5.73 Å². The van der Waals surface area contributed by atoms with Crippen LogP contribution in [0.5, 0.6) is 5.75 Å². The van der Waals surface area contributed by atoms with Gasteiger partial charge in [0.2, 0.25) is 0 Å². The molecule has 0 aliphatic carbocycles. The van der Waals surface area contributed by atoms with Crippen LogP contribution in [0.25, 0.3) is 0 Å². The molecule has 1 aromatic carbocycles. The zero-order valence-corrected chi connectivity index (χ0v) is 12.4. The number of rotatable bonds is 5. The molecule has 0 unspecified atom stereocenters. The topological polar surface area (TPSA) is 38.5 Å². The highest BCUT2D eigenvalue weighted by molar-refractivity contribution is 7.10. The van der Waals surface area contributed by atoms with Gasteiger partial charge in [0.05, 0.1) is 4.88 Å². The normalized spacial score (nSPS) is 15.1. The summed E-state index contributed by atoms with van der Waals surface area (Å²) in [7, 11) is 0. The summed E-state index contributed by atoms with van der Waals surface area (Å²) in [4.78, 5) is 3.59. The fraction of sp³-hybridized carbons (Fsp3) is 0.375. The first-order valence-electron chi connectivity index (χ1n) is 7.05. The Morgan fingerprint density at radius 1 is 1.20 bits per heavy atom. The van der Waals surface area contributed by atoms with E-state index in [0.717, 1.165) is 43.3 Å². The van der Waals surface area contributed by atoms with E-state index in [-0.39, 0.29) is 0 Å². The smallest absolute Gasteiger partial charge is 0.134 e. The zero-order valence-electron chi connectivity index (χ0n) is 11.5. The standard InChI is InChI=1S/C16H20N2OS/c17-11-16-15(6-10-20-16)19-9-8-18-7-5-13-3-1-2-4-14(13)12-18/h1-4,6,10H,5,7-9,11-12,17H2. The van der Waals surface area contributed by atoms with Crippen LogP contribution in [0, 0.1) is 0 Å². The summed E-state index contributed by atoms with van der Waals surface area (Å²) in [5, 5.41) is 2.04. The van der Waals surface area contributed by atoms with Crippen molar-refractivity contribution in [1.29, 1.82) is 0 Å². The van der Waals surface area contributed by atoms with Crippen molar-refractivity contribution < 1.29 is 4.74 Å². The first-order valence-corrected chi connectivity index (χ1v) is 7.93. The van der Waals surface area contributed by atoms with E-state index in [1.54, 1.807) is 11.3 Å². The Bertz CT molecular complexity index is 567. The van der Waals surface area contributed by atoms with E-state index in [0.29, 0.717) is 6.54 Å². The minimum atomic E-state index is 0.560. The van der Waals surface area contributed by atoms with Gasteiger partial charge in [-0.1, -0.05) is 24.3 Å². The first kappa shape index (κ1) is 13.6. The maximum atomic E-state index is 5.85. The molecule has 0 amide bonds. The molecule has 0 spiro atoms. The lowest BCUT2D eigenvalue weighted by atomic mass is 10.0. The van der Waals surface area contributed by atoms with E-state index in [4.69, 9.17) is 10.5 Å². The van der Waals surface area contributed by atoms with E-state index >= 15 is 0 Å². The number of nitrogens with two attached hydrogens (primary N) is 1. The lowest BCUT2D eigenvalue weighted by molar-refractivity contribution is 0.196. The van der Waals surface area contributed by atoms with E-state index in [2.05, 4.69) is 29.2 Å². The van der Waals surface area contributed by atoms with Gasteiger partial charge in [-0.2, -0.15) is 0 Å². The Labute approximate surface area is 124 Å². The molecule has 0 fully saturated rings. The van der Waals surface area contributed by atoms with Crippen molar-refractivity contribution in [3.8, 4) is 5.75 Å². The van der Waals surface area contributed by atoms with Gasteiger partial charge in [-0.3, -0.25) is 4.90 Å². The summed E-state index contributed by atoms with van der Waals surface area (Å²) in [5.74, 6) is 0.954. The van der Waals surface area contributed by atoms with Gasteiger partial charge in [0.25, 0.3) is 0 Å². The van der Waals surface area contributed by atoms with Crippen LogP contribution in [0.15, 0.2) is 35.7 Å². The van der Waals surface area contributed by atoms with Gasteiger partial charge < -0.3 is 10.5 Å². The molecule has 0 bridgehead atoms. The minimum absolute atomic E-state index is 0.560. The number of fused-ring (bicyclic) bond motifs is 1. The Morgan fingerprint density at radius 3 is 2.90 bits per heavy atom. The molecule has 106 valence electrons. The van der Waals surface area contributed by atoms with E-state index < -0.39 is 0 Å². The van der Waals surface area contributed by atoms with Gasteiger partial charge in [0.15, 0.2) is 0 Å². The lowest BCUT2D eigenvalue weighted by Crippen LogP contribution is -2.33. The molecule has 1 aromatic heterocycles. The third-order valence-corrected chi connectivity index (χ3v) is 4.69. The van der Waals surface area contributed by atoms with E-state index in [1.807, 2.05) is 11.4 Å². The second-order valence-electron chi connectivity index (χ2n) is 5.06. The van der Waals surface area contributed by atoms with Crippen LogP contribution in [0.3, 0.4) is 0 Å². The Balaban J connectivity index is 1.51. The van der Waals surface area contributed by atoms with Crippen molar-refractivity contribution in [2.45, 2.75) is 19.5 Å². The molecule has 0 saturated carbocycles. The quantitative estimate of drug-likeness (QED) is 0.919. The molecule has 1 aliphatic rings. The van der Waals surface area contributed by atoms with Crippen molar-refractivity contribution in [1.82, 2.24) is 4.90 Å². The summed E-state index contributed by atoms with van der Waals surface area (Å²) in [6.45, 7) is 4.41. The van der Waals surface area contributed by atoms with Gasteiger partial charge in [0.1, 0.15) is 12.4 Å². The number of thiophene rings is 1. The Morgan fingerprint density at radius 2 is 2.05 bits per heavy atom. The second kappa shape index (κ2) is 6.39. The molecule has 2 heterocycles. The molecule has 3 nitrogen and oxygen atoms in total. The predicted molar refractivity (Wildman–Crippen MR) is 83.1 cm³/mol. The van der Waals surface area contributed by atoms with Crippen molar-refractivity contribution in [2.75, 3.05) is 19.7 Å². The number of hydrogen-bond donors (Lipinski definition) is 1.